The molecule has 0 saturated heterocycles. The molecular formula is C25H31N3. The summed E-state index contributed by atoms with van der Waals surface area (Å²) in [6.45, 7) is 23.0. The monoisotopic (exact) mass is 373 g/mol. The predicted molar refractivity (Wildman–Crippen MR) is 118 cm³/mol. The van der Waals surface area contributed by atoms with Gasteiger partial charge in [0, 0.05) is 35.1 Å². The molecule has 0 bridgehead atoms. The van der Waals surface area contributed by atoms with E-state index < -0.39 is 0 Å². The van der Waals surface area contributed by atoms with E-state index in [4.69, 9.17) is 0 Å². The van der Waals surface area contributed by atoms with Crippen LogP contribution in [-0.2, 0) is 0 Å². The van der Waals surface area contributed by atoms with Gasteiger partial charge in [-0.1, -0.05) is 46.1 Å². The van der Waals surface area contributed by atoms with Gasteiger partial charge in [-0.05, 0) is 54.5 Å². The number of nitrogens with one attached hydrogen (secondary N) is 1. The van der Waals surface area contributed by atoms with E-state index in [-0.39, 0.29) is 11.3 Å². The van der Waals surface area contributed by atoms with E-state index in [1.807, 2.05) is 6.92 Å². The van der Waals surface area contributed by atoms with Gasteiger partial charge in [0.2, 0.25) is 0 Å². The van der Waals surface area contributed by atoms with Crippen LogP contribution in [0.5, 0.6) is 0 Å². The number of nitrogens with zero attached hydrogens (tertiary/aromatic N) is 2. The molecule has 0 radical (unpaired) electrons. The van der Waals surface area contributed by atoms with Crippen LogP contribution in [0, 0.1) is 36.5 Å². The maximum Gasteiger partial charge on any atom is 0.100 e. The second-order valence-electron chi connectivity index (χ2n) is 9.16. The van der Waals surface area contributed by atoms with Gasteiger partial charge >= 0.3 is 0 Å². The summed E-state index contributed by atoms with van der Waals surface area (Å²) in [5, 5.41) is 13.6. The van der Waals surface area contributed by atoms with Gasteiger partial charge in [-0.15, -0.1) is 0 Å². The fraction of sp³-hybridized carbons (Fsp3) is 0.400. The average Bonchev–Trinajstić information content (AvgIpc) is 2.60. The first kappa shape index (κ1) is 20.0. The van der Waals surface area contributed by atoms with E-state index in [0.29, 0.717) is 0 Å². The lowest BCUT2D eigenvalue weighted by atomic mass is 9.69. The van der Waals surface area contributed by atoms with E-state index >= 15 is 0 Å². The largest absolute Gasteiger partial charge is 0.365 e. The molecule has 3 rings (SSSR count). The standard InChI is InChI=1S/C25H31N3/c1-15(2)23-18(5)27-21-14-28(22-11-9-10-16(3)17(22)4)13-20(25(6,7)8)24(21)19(23)12-26/h9-11,20,27H,1,5,13-14H2,2-4,6-8H3. The van der Waals surface area contributed by atoms with Crippen molar-refractivity contribution in [1.82, 2.24) is 5.32 Å². The second-order valence-corrected chi connectivity index (χ2v) is 9.16. The molecule has 1 aromatic carbocycles. The van der Waals surface area contributed by atoms with Crippen LogP contribution in [0.1, 0.15) is 38.8 Å². The molecule has 28 heavy (non-hydrogen) atoms. The van der Waals surface area contributed by atoms with E-state index in [0.717, 1.165) is 46.8 Å². The molecule has 2 aliphatic heterocycles. The van der Waals surface area contributed by atoms with Crippen molar-refractivity contribution in [2.24, 2.45) is 11.3 Å². The van der Waals surface area contributed by atoms with Crippen LogP contribution >= 0.6 is 0 Å². The Bertz CT molecular complexity index is 960. The summed E-state index contributed by atoms with van der Waals surface area (Å²) in [5.74, 6) is 0.223. The number of aryl methyl sites for hydroxylation is 1. The van der Waals surface area contributed by atoms with Crippen molar-refractivity contribution >= 4 is 5.69 Å². The highest BCUT2D eigenvalue weighted by atomic mass is 15.2. The topological polar surface area (TPSA) is 39.1 Å². The maximum absolute atomic E-state index is 10.0. The zero-order chi connectivity index (χ0) is 20.8. The normalized spacial score (nSPS) is 20.0. The molecule has 0 amide bonds. The van der Waals surface area contributed by atoms with Crippen LogP contribution in [0.25, 0.3) is 0 Å². The van der Waals surface area contributed by atoms with Crippen molar-refractivity contribution in [1.29, 1.82) is 5.26 Å². The first-order chi connectivity index (χ1) is 13.1. The zero-order valence-electron chi connectivity index (χ0n) is 18.0. The number of allylic oxidation sites excluding steroid dienone is 2. The molecule has 0 aliphatic carbocycles. The van der Waals surface area contributed by atoms with Crippen LogP contribution in [0.15, 0.2) is 65.0 Å². The summed E-state index contributed by atoms with van der Waals surface area (Å²) in [6.07, 6.45) is 0. The van der Waals surface area contributed by atoms with Gasteiger partial charge in [-0.25, -0.2) is 0 Å². The Kier molecular flexibility index (Phi) is 5.02. The molecule has 0 fully saturated rings. The first-order valence-corrected chi connectivity index (χ1v) is 9.87. The smallest absolute Gasteiger partial charge is 0.100 e. The molecule has 0 saturated carbocycles. The number of nitriles is 1. The van der Waals surface area contributed by atoms with Crippen molar-refractivity contribution in [3.8, 4) is 6.07 Å². The van der Waals surface area contributed by atoms with Crippen molar-refractivity contribution in [3.05, 3.63) is 76.2 Å². The lowest BCUT2D eigenvalue weighted by Gasteiger charge is -2.46. The Balaban J connectivity index is 2.20. The summed E-state index contributed by atoms with van der Waals surface area (Å²) >= 11 is 0. The number of anilines is 1. The molecule has 3 heteroatoms. The summed E-state index contributed by atoms with van der Waals surface area (Å²) in [5.41, 5.74) is 9.40. The Morgan fingerprint density at radius 3 is 2.54 bits per heavy atom. The van der Waals surface area contributed by atoms with E-state index in [9.17, 15) is 5.26 Å². The fourth-order valence-corrected chi connectivity index (χ4v) is 4.38. The highest BCUT2D eigenvalue weighted by Crippen LogP contribution is 2.45. The molecular weight excluding hydrogens is 342 g/mol. The first-order valence-electron chi connectivity index (χ1n) is 9.87. The van der Waals surface area contributed by atoms with Gasteiger partial charge in [-0.3, -0.25) is 0 Å². The Labute approximate surface area is 169 Å². The minimum Gasteiger partial charge on any atom is -0.365 e. The SMILES string of the molecule is C=C(C)C1=C(C#N)C2=C(CN(c3cccc(C)c3C)CC2C(C)(C)C)NC1=C. The van der Waals surface area contributed by atoms with Crippen molar-refractivity contribution < 1.29 is 0 Å². The lowest BCUT2D eigenvalue weighted by molar-refractivity contribution is 0.274. The van der Waals surface area contributed by atoms with Gasteiger partial charge in [0.25, 0.3) is 0 Å². The Hall–Kier alpha value is -2.73. The van der Waals surface area contributed by atoms with E-state index in [1.165, 1.54) is 16.8 Å². The molecule has 0 spiro atoms. The average molecular weight is 374 g/mol. The molecule has 2 heterocycles. The fourth-order valence-electron chi connectivity index (χ4n) is 4.38. The van der Waals surface area contributed by atoms with E-state index in [1.54, 1.807) is 0 Å². The third-order valence-corrected chi connectivity index (χ3v) is 6.05. The number of benzene rings is 1. The van der Waals surface area contributed by atoms with Gasteiger partial charge in [0.1, 0.15) is 6.07 Å². The number of rotatable bonds is 2. The summed E-state index contributed by atoms with van der Waals surface area (Å²) < 4.78 is 0. The molecule has 146 valence electrons. The number of dihydropyridines is 1. The van der Waals surface area contributed by atoms with Crippen LogP contribution in [-0.4, -0.2) is 13.1 Å². The number of hydrogen-bond donors (Lipinski definition) is 1. The molecule has 2 aliphatic rings. The van der Waals surface area contributed by atoms with Gasteiger partial charge < -0.3 is 10.2 Å². The summed E-state index contributed by atoms with van der Waals surface area (Å²) in [7, 11) is 0. The molecule has 1 atom stereocenters. The van der Waals surface area contributed by atoms with Crippen LogP contribution < -0.4 is 10.2 Å². The third-order valence-electron chi connectivity index (χ3n) is 6.05. The third kappa shape index (κ3) is 3.29. The van der Waals surface area contributed by atoms with Crippen LogP contribution in [0.4, 0.5) is 5.69 Å². The van der Waals surface area contributed by atoms with Gasteiger partial charge in [-0.2, -0.15) is 5.26 Å². The van der Waals surface area contributed by atoms with Gasteiger partial charge in [0.05, 0.1) is 12.1 Å². The second kappa shape index (κ2) is 7.02. The summed E-state index contributed by atoms with van der Waals surface area (Å²) in [6, 6.07) is 8.97. The van der Waals surface area contributed by atoms with E-state index in [2.05, 4.69) is 82.3 Å². The number of hydrogen-bond acceptors (Lipinski definition) is 3. The lowest BCUT2D eigenvalue weighted by Crippen LogP contribution is -2.47. The molecule has 3 nitrogen and oxygen atoms in total. The highest BCUT2D eigenvalue weighted by Gasteiger charge is 2.40. The van der Waals surface area contributed by atoms with Crippen molar-refractivity contribution in [2.75, 3.05) is 18.0 Å². The zero-order valence-corrected chi connectivity index (χ0v) is 18.0. The van der Waals surface area contributed by atoms with Crippen LogP contribution in [0.3, 0.4) is 0 Å². The maximum atomic E-state index is 10.0. The Morgan fingerprint density at radius 2 is 1.96 bits per heavy atom. The summed E-state index contributed by atoms with van der Waals surface area (Å²) in [4.78, 5) is 2.44. The Morgan fingerprint density at radius 1 is 1.29 bits per heavy atom. The minimum absolute atomic E-state index is 0.0135. The van der Waals surface area contributed by atoms with Crippen molar-refractivity contribution in [3.63, 3.8) is 0 Å². The van der Waals surface area contributed by atoms with Gasteiger partial charge in [0.15, 0.2) is 0 Å². The minimum atomic E-state index is 0.0135. The molecule has 1 N–H and O–H groups in total. The molecule has 0 aromatic heterocycles. The van der Waals surface area contributed by atoms with Crippen molar-refractivity contribution in [2.45, 2.75) is 41.5 Å². The molecule has 1 aromatic rings. The predicted octanol–water partition coefficient (Wildman–Crippen LogP) is 5.55. The quantitative estimate of drug-likeness (QED) is 0.738. The van der Waals surface area contributed by atoms with Crippen LogP contribution in [0.2, 0.25) is 0 Å². The highest BCUT2D eigenvalue weighted by molar-refractivity contribution is 5.67. The molecule has 1 unspecified atom stereocenters.